The van der Waals surface area contributed by atoms with Crippen LogP contribution in [-0.2, 0) is 0 Å². The maximum absolute atomic E-state index is 10.2. The van der Waals surface area contributed by atoms with Crippen LogP contribution in [0.15, 0.2) is 60.7 Å². The topological polar surface area (TPSA) is 32.3 Å². The quantitative estimate of drug-likeness (QED) is 0.860. The lowest BCUT2D eigenvalue weighted by atomic mass is 9.83. The summed E-state index contributed by atoms with van der Waals surface area (Å²) in [6.45, 7) is 1.85. The Hall–Kier alpha value is -1.64. The van der Waals surface area contributed by atoms with Crippen LogP contribution in [0, 0.1) is 0 Å². The van der Waals surface area contributed by atoms with Gasteiger partial charge in [-0.1, -0.05) is 60.7 Å². The van der Waals surface area contributed by atoms with Crippen molar-refractivity contribution in [1.29, 1.82) is 0 Å². The molecule has 2 N–H and O–H groups in total. The van der Waals surface area contributed by atoms with Crippen molar-refractivity contribution in [3.8, 4) is 0 Å². The predicted molar refractivity (Wildman–Crippen MR) is 79.1 cm³/mol. The number of benzene rings is 2. The summed E-state index contributed by atoms with van der Waals surface area (Å²) in [5.74, 6) is 0.0357. The second-order valence-electron chi connectivity index (χ2n) is 4.85. The van der Waals surface area contributed by atoms with Crippen LogP contribution in [0.5, 0.6) is 0 Å². The highest BCUT2D eigenvalue weighted by molar-refractivity contribution is 5.29. The third kappa shape index (κ3) is 3.22. The van der Waals surface area contributed by atoms with Crippen molar-refractivity contribution in [3.63, 3.8) is 0 Å². The summed E-state index contributed by atoms with van der Waals surface area (Å²) in [7, 11) is 1.94. The largest absolute Gasteiger partial charge is 0.393 e. The standard InChI is InChI=1S/C17H21NO/c1-13(19)16(14-9-5-3-6-10-14)17(18-2)15-11-7-4-8-12-15/h3-13,16-19H,1-2H3. The summed E-state index contributed by atoms with van der Waals surface area (Å²) < 4.78 is 0. The molecule has 0 spiro atoms. The van der Waals surface area contributed by atoms with E-state index in [0.29, 0.717) is 0 Å². The molecule has 2 aromatic rings. The molecule has 100 valence electrons. The molecule has 19 heavy (non-hydrogen) atoms. The molecule has 2 heteroatoms. The Balaban J connectivity index is 2.38. The Morgan fingerprint density at radius 3 is 1.74 bits per heavy atom. The zero-order valence-corrected chi connectivity index (χ0v) is 11.5. The average Bonchev–Trinajstić information content (AvgIpc) is 2.46. The van der Waals surface area contributed by atoms with Gasteiger partial charge in [-0.25, -0.2) is 0 Å². The smallest absolute Gasteiger partial charge is 0.0598 e. The van der Waals surface area contributed by atoms with Crippen molar-refractivity contribution in [1.82, 2.24) is 5.32 Å². The normalized spacial score (nSPS) is 15.7. The Labute approximate surface area is 115 Å². The van der Waals surface area contributed by atoms with Gasteiger partial charge in [0.05, 0.1) is 6.10 Å². The molecule has 0 heterocycles. The lowest BCUT2D eigenvalue weighted by Crippen LogP contribution is -2.30. The van der Waals surface area contributed by atoms with E-state index in [-0.39, 0.29) is 12.0 Å². The van der Waals surface area contributed by atoms with Crippen LogP contribution < -0.4 is 5.32 Å². The Morgan fingerprint density at radius 1 is 0.842 bits per heavy atom. The molecule has 0 aliphatic rings. The minimum absolute atomic E-state index is 0.0357. The van der Waals surface area contributed by atoms with Gasteiger partial charge in [0.1, 0.15) is 0 Å². The summed E-state index contributed by atoms with van der Waals surface area (Å²) in [6.07, 6.45) is -0.417. The van der Waals surface area contributed by atoms with Crippen molar-refractivity contribution in [2.75, 3.05) is 7.05 Å². The molecular formula is C17H21NO. The third-order valence-corrected chi connectivity index (χ3v) is 3.53. The summed E-state index contributed by atoms with van der Waals surface area (Å²) in [5.41, 5.74) is 2.35. The highest BCUT2D eigenvalue weighted by atomic mass is 16.3. The predicted octanol–water partition coefficient (Wildman–Crippen LogP) is 3.11. The SMILES string of the molecule is CNC(c1ccccc1)C(c1ccccc1)C(C)O. The van der Waals surface area contributed by atoms with Gasteiger partial charge in [-0.2, -0.15) is 0 Å². The molecule has 0 bridgehead atoms. The lowest BCUT2D eigenvalue weighted by molar-refractivity contribution is 0.142. The van der Waals surface area contributed by atoms with Crippen molar-refractivity contribution < 1.29 is 5.11 Å². The van der Waals surface area contributed by atoms with E-state index in [0.717, 1.165) is 5.56 Å². The van der Waals surface area contributed by atoms with E-state index in [1.807, 2.05) is 50.4 Å². The number of rotatable bonds is 5. The fourth-order valence-corrected chi connectivity index (χ4v) is 2.64. The van der Waals surface area contributed by atoms with Crippen LogP contribution in [0.1, 0.15) is 30.0 Å². The van der Waals surface area contributed by atoms with E-state index in [9.17, 15) is 5.11 Å². The first kappa shape index (κ1) is 13.8. The number of nitrogens with one attached hydrogen (secondary N) is 1. The first-order chi connectivity index (χ1) is 9.24. The second-order valence-corrected chi connectivity index (χ2v) is 4.85. The van der Waals surface area contributed by atoms with E-state index in [1.165, 1.54) is 5.56 Å². The van der Waals surface area contributed by atoms with E-state index >= 15 is 0 Å². The molecule has 0 aliphatic heterocycles. The Morgan fingerprint density at radius 2 is 1.32 bits per heavy atom. The van der Waals surface area contributed by atoms with Gasteiger partial charge in [0, 0.05) is 12.0 Å². The molecule has 0 saturated carbocycles. The minimum Gasteiger partial charge on any atom is -0.393 e. The van der Waals surface area contributed by atoms with Crippen LogP contribution in [0.25, 0.3) is 0 Å². The zero-order valence-electron chi connectivity index (χ0n) is 11.5. The molecule has 3 unspecified atom stereocenters. The van der Waals surface area contributed by atoms with Crippen LogP contribution >= 0.6 is 0 Å². The highest BCUT2D eigenvalue weighted by Crippen LogP contribution is 2.33. The van der Waals surface area contributed by atoms with E-state index in [1.54, 1.807) is 0 Å². The summed E-state index contributed by atoms with van der Waals surface area (Å²) in [6, 6.07) is 20.5. The van der Waals surface area contributed by atoms with E-state index in [4.69, 9.17) is 0 Å². The molecule has 0 aromatic heterocycles. The fraction of sp³-hybridized carbons (Fsp3) is 0.294. The van der Waals surface area contributed by atoms with Gasteiger partial charge in [0.2, 0.25) is 0 Å². The lowest BCUT2D eigenvalue weighted by Gasteiger charge is -2.30. The molecule has 2 nitrogen and oxygen atoms in total. The van der Waals surface area contributed by atoms with Crippen molar-refractivity contribution in [2.45, 2.75) is 25.0 Å². The van der Waals surface area contributed by atoms with E-state index < -0.39 is 6.10 Å². The molecule has 0 fully saturated rings. The highest BCUT2D eigenvalue weighted by Gasteiger charge is 2.27. The maximum Gasteiger partial charge on any atom is 0.0598 e. The van der Waals surface area contributed by atoms with Gasteiger partial charge in [0.15, 0.2) is 0 Å². The van der Waals surface area contributed by atoms with Gasteiger partial charge < -0.3 is 10.4 Å². The zero-order chi connectivity index (χ0) is 13.7. The Bertz CT molecular complexity index is 481. The van der Waals surface area contributed by atoms with Crippen molar-refractivity contribution in [2.24, 2.45) is 0 Å². The van der Waals surface area contributed by atoms with Crippen LogP contribution in [0.2, 0.25) is 0 Å². The van der Waals surface area contributed by atoms with Crippen molar-refractivity contribution >= 4 is 0 Å². The molecule has 2 aromatic carbocycles. The van der Waals surface area contributed by atoms with E-state index in [2.05, 4.69) is 29.6 Å². The first-order valence-electron chi connectivity index (χ1n) is 6.69. The van der Waals surface area contributed by atoms with Gasteiger partial charge in [-0.3, -0.25) is 0 Å². The Kier molecular flexibility index (Phi) is 4.72. The van der Waals surface area contributed by atoms with Crippen LogP contribution in [0.4, 0.5) is 0 Å². The summed E-state index contributed by atoms with van der Waals surface area (Å²) in [5, 5.41) is 13.5. The van der Waals surface area contributed by atoms with Gasteiger partial charge in [-0.15, -0.1) is 0 Å². The molecule has 0 amide bonds. The summed E-state index contributed by atoms with van der Waals surface area (Å²) in [4.78, 5) is 0. The number of aliphatic hydroxyl groups is 1. The molecule has 0 saturated heterocycles. The monoisotopic (exact) mass is 255 g/mol. The molecular weight excluding hydrogens is 234 g/mol. The second kappa shape index (κ2) is 6.50. The van der Waals surface area contributed by atoms with Crippen LogP contribution in [0.3, 0.4) is 0 Å². The van der Waals surface area contributed by atoms with Crippen molar-refractivity contribution in [3.05, 3.63) is 71.8 Å². The maximum atomic E-state index is 10.2. The van der Waals surface area contributed by atoms with Crippen LogP contribution in [-0.4, -0.2) is 18.3 Å². The van der Waals surface area contributed by atoms with Gasteiger partial charge in [0.25, 0.3) is 0 Å². The molecule has 2 rings (SSSR count). The molecule has 0 aliphatic carbocycles. The molecule has 0 radical (unpaired) electrons. The number of aliphatic hydroxyl groups excluding tert-OH is 1. The van der Waals surface area contributed by atoms with Gasteiger partial charge in [-0.05, 0) is 25.1 Å². The number of hydrogen-bond donors (Lipinski definition) is 2. The number of hydrogen-bond acceptors (Lipinski definition) is 2. The average molecular weight is 255 g/mol. The third-order valence-electron chi connectivity index (χ3n) is 3.53. The summed E-state index contributed by atoms with van der Waals surface area (Å²) >= 11 is 0. The molecule has 3 atom stereocenters. The first-order valence-corrected chi connectivity index (χ1v) is 6.69. The van der Waals surface area contributed by atoms with Gasteiger partial charge >= 0.3 is 0 Å². The fourth-order valence-electron chi connectivity index (χ4n) is 2.64. The minimum atomic E-state index is -0.417. The number of likely N-dealkylation sites (N-methyl/N-ethyl adjacent to an activating group) is 1.